The Balaban J connectivity index is 1.91. The van der Waals surface area contributed by atoms with Gasteiger partial charge in [-0.25, -0.2) is 0 Å². The van der Waals surface area contributed by atoms with Gasteiger partial charge in [-0.2, -0.15) is 0 Å². The molecule has 36 heavy (non-hydrogen) atoms. The number of nitrogens with one attached hydrogen (secondary N) is 1. The number of carbonyl (C=O) groups is 2. The normalized spacial score (nSPS) is 21.6. The first-order valence-electron chi connectivity index (χ1n) is 12.5. The Morgan fingerprint density at radius 3 is 2.61 bits per heavy atom. The van der Waals surface area contributed by atoms with E-state index in [-0.39, 0.29) is 29.9 Å². The lowest BCUT2D eigenvalue weighted by atomic mass is 10.0. The molecule has 2 aromatic rings. The SMILES string of the molecule is CCCN1C[C@H](C)[C@H](OC)CN(C)C(=O)c2ccc(NC(=O)c3cccc(OC)c3)cc2OC[C@H]1C. The van der Waals surface area contributed by atoms with Crippen LogP contribution in [-0.2, 0) is 4.74 Å². The van der Waals surface area contributed by atoms with Gasteiger partial charge in [0.2, 0.25) is 0 Å². The number of rotatable bonds is 6. The van der Waals surface area contributed by atoms with Crippen LogP contribution in [0.25, 0.3) is 0 Å². The summed E-state index contributed by atoms with van der Waals surface area (Å²) in [5, 5.41) is 2.90. The minimum Gasteiger partial charge on any atom is -0.497 e. The van der Waals surface area contributed by atoms with Gasteiger partial charge in [0.25, 0.3) is 11.8 Å². The molecule has 0 unspecified atom stereocenters. The van der Waals surface area contributed by atoms with E-state index in [9.17, 15) is 9.59 Å². The summed E-state index contributed by atoms with van der Waals surface area (Å²) in [6, 6.07) is 12.2. The minimum atomic E-state index is -0.273. The molecule has 1 aliphatic rings. The predicted octanol–water partition coefficient (Wildman–Crippen LogP) is 4.16. The van der Waals surface area contributed by atoms with E-state index >= 15 is 0 Å². The molecule has 196 valence electrons. The molecule has 0 aliphatic carbocycles. The van der Waals surface area contributed by atoms with Crippen molar-refractivity contribution in [1.82, 2.24) is 9.80 Å². The van der Waals surface area contributed by atoms with Gasteiger partial charge in [0.1, 0.15) is 18.1 Å². The Morgan fingerprint density at radius 1 is 1.14 bits per heavy atom. The van der Waals surface area contributed by atoms with Crippen molar-refractivity contribution in [2.24, 2.45) is 5.92 Å². The summed E-state index contributed by atoms with van der Waals surface area (Å²) < 4.78 is 17.2. The number of anilines is 1. The number of hydrogen-bond acceptors (Lipinski definition) is 6. The van der Waals surface area contributed by atoms with Gasteiger partial charge in [0.05, 0.1) is 18.8 Å². The summed E-state index contributed by atoms with van der Waals surface area (Å²) in [6.45, 7) is 9.16. The van der Waals surface area contributed by atoms with Gasteiger partial charge < -0.3 is 24.4 Å². The molecule has 3 atom stereocenters. The van der Waals surface area contributed by atoms with E-state index in [0.717, 1.165) is 19.5 Å². The molecule has 0 fully saturated rings. The smallest absolute Gasteiger partial charge is 0.257 e. The van der Waals surface area contributed by atoms with Crippen molar-refractivity contribution in [3.63, 3.8) is 0 Å². The van der Waals surface area contributed by atoms with Crippen LogP contribution in [0, 0.1) is 5.92 Å². The molecule has 0 aromatic heterocycles. The molecule has 1 N–H and O–H groups in total. The molecule has 0 saturated carbocycles. The number of methoxy groups -OCH3 is 2. The number of carbonyl (C=O) groups excluding carboxylic acids is 2. The average Bonchev–Trinajstić information content (AvgIpc) is 2.89. The first-order valence-corrected chi connectivity index (χ1v) is 12.5. The highest BCUT2D eigenvalue weighted by molar-refractivity contribution is 6.05. The van der Waals surface area contributed by atoms with Crippen molar-refractivity contribution in [1.29, 1.82) is 0 Å². The van der Waals surface area contributed by atoms with Crippen LogP contribution in [0.3, 0.4) is 0 Å². The van der Waals surface area contributed by atoms with Crippen molar-refractivity contribution in [2.75, 3.05) is 52.8 Å². The zero-order valence-corrected chi connectivity index (χ0v) is 22.2. The summed E-state index contributed by atoms with van der Waals surface area (Å²) in [6.07, 6.45) is 0.945. The maximum atomic E-state index is 13.4. The Labute approximate surface area is 214 Å². The third-order valence-corrected chi connectivity index (χ3v) is 6.68. The zero-order valence-electron chi connectivity index (χ0n) is 22.2. The molecular formula is C28H39N3O5. The molecule has 0 saturated heterocycles. The maximum Gasteiger partial charge on any atom is 0.257 e. The molecule has 1 aliphatic heterocycles. The fraction of sp³-hybridized carbons (Fsp3) is 0.500. The highest BCUT2D eigenvalue weighted by Crippen LogP contribution is 2.27. The van der Waals surface area contributed by atoms with Crippen molar-refractivity contribution in [2.45, 2.75) is 39.3 Å². The van der Waals surface area contributed by atoms with Crippen LogP contribution in [0.1, 0.15) is 47.9 Å². The number of hydrogen-bond donors (Lipinski definition) is 1. The van der Waals surface area contributed by atoms with E-state index in [0.29, 0.717) is 41.5 Å². The number of fused-ring (bicyclic) bond motifs is 1. The third-order valence-electron chi connectivity index (χ3n) is 6.68. The summed E-state index contributed by atoms with van der Waals surface area (Å²) in [5.74, 6) is 0.869. The predicted molar refractivity (Wildman–Crippen MR) is 141 cm³/mol. The number of likely N-dealkylation sites (N-methyl/N-ethyl adjacent to an activating group) is 1. The number of nitrogens with zero attached hydrogens (tertiary/aromatic N) is 2. The van der Waals surface area contributed by atoms with Crippen molar-refractivity contribution in [3.8, 4) is 11.5 Å². The van der Waals surface area contributed by atoms with Crippen LogP contribution in [0.2, 0.25) is 0 Å². The molecule has 1 heterocycles. The Morgan fingerprint density at radius 2 is 1.92 bits per heavy atom. The van der Waals surface area contributed by atoms with Gasteiger partial charge in [-0.1, -0.05) is 19.9 Å². The zero-order chi connectivity index (χ0) is 26.2. The first kappa shape index (κ1) is 27.5. The minimum absolute atomic E-state index is 0.0873. The van der Waals surface area contributed by atoms with Crippen LogP contribution in [-0.4, -0.2) is 81.3 Å². The molecule has 3 rings (SSSR count). The lowest BCUT2D eigenvalue weighted by Crippen LogP contribution is -2.46. The van der Waals surface area contributed by atoms with Crippen molar-refractivity contribution >= 4 is 17.5 Å². The van der Waals surface area contributed by atoms with E-state index in [1.54, 1.807) is 68.6 Å². The van der Waals surface area contributed by atoms with Crippen LogP contribution in [0.15, 0.2) is 42.5 Å². The maximum absolute atomic E-state index is 13.4. The number of benzene rings is 2. The van der Waals surface area contributed by atoms with Crippen molar-refractivity contribution in [3.05, 3.63) is 53.6 Å². The van der Waals surface area contributed by atoms with Crippen molar-refractivity contribution < 1.29 is 23.8 Å². The van der Waals surface area contributed by atoms with E-state index in [1.807, 2.05) is 0 Å². The molecule has 0 bridgehead atoms. The summed E-state index contributed by atoms with van der Waals surface area (Å²) in [5.41, 5.74) is 1.47. The quantitative estimate of drug-likeness (QED) is 0.646. The van der Waals surface area contributed by atoms with E-state index < -0.39 is 0 Å². The van der Waals surface area contributed by atoms with Gasteiger partial charge in [-0.3, -0.25) is 14.5 Å². The largest absolute Gasteiger partial charge is 0.497 e. The van der Waals surface area contributed by atoms with Gasteiger partial charge in [0, 0.05) is 50.6 Å². The Hall–Kier alpha value is -3.10. The molecule has 0 radical (unpaired) electrons. The van der Waals surface area contributed by atoms with Gasteiger partial charge in [0.15, 0.2) is 0 Å². The Kier molecular flexibility index (Phi) is 9.73. The summed E-state index contributed by atoms with van der Waals surface area (Å²) in [4.78, 5) is 30.3. The molecule has 8 nitrogen and oxygen atoms in total. The first-order chi connectivity index (χ1) is 17.3. The van der Waals surface area contributed by atoms with Crippen LogP contribution in [0.4, 0.5) is 5.69 Å². The lowest BCUT2D eigenvalue weighted by Gasteiger charge is -2.35. The Bertz CT molecular complexity index is 1040. The standard InChI is InChI=1S/C28H39N3O5/c1-7-13-31-16-19(2)26(35-6)17-30(4)28(33)24-12-11-22(15-25(24)36-18-20(31)3)29-27(32)21-9-8-10-23(14-21)34-5/h8-12,14-15,19-20,26H,7,13,16-18H2,1-6H3,(H,29,32)/t19-,20+,26+/m0/s1. The fourth-order valence-electron chi connectivity index (χ4n) is 4.49. The highest BCUT2D eigenvalue weighted by Gasteiger charge is 2.28. The molecule has 0 spiro atoms. The second-order valence-electron chi connectivity index (χ2n) is 9.49. The van der Waals surface area contributed by atoms with E-state index in [1.165, 1.54) is 0 Å². The third kappa shape index (κ3) is 6.77. The highest BCUT2D eigenvalue weighted by atomic mass is 16.5. The topological polar surface area (TPSA) is 80.3 Å². The van der Waals surface area contributed by atoms with Crippen LogP contribution >= 0.6 is 0 Å². The molecule has 2 aromatic carbocycles. The average molecular weight is 498 g/mol. The second-order valence-corrected chi connectivity index (χ2v) is 9.49. The molecule has 2 amide bonds. The lowest BCUT2D eigenvalue weighted by molar-refractivity contribution is 0.0108. The monoisotopic (exact) mass is 497 g/mol. The van der Waals surface area contributed by atoms with Gasteiger partial charge in [-0.05, 0) is 56.1 Å². The van der Waals surface area contributed by atoms with Gasteiger partial charge in [-0.15, -0.1) is 0 Å². The second kappa shape index (κ2) is 12.7. The van der Waals surface area contributed by atoms with Crippen LogP contribution < -0.4 is 14.8 Å². The summed E-state index contributed by atoms with van der Waals surface area (Å²) >= 11 is 0. The summed E-state index contributed by atoms with van der Waals surface area (Å²) in [7, 11) is 5.04. The van der Waals surface area contributed by atoms with E-state index in [4.69, 9.17) is 14.2 Å². The molecule has 8 heteroatoms. The van der Waals surface area contributed by atoms with Crippen LogP contribution in [0.5, 0.6) is 11.5 Å². The molecular weight excluding hydrogens is 458 g/mol. The number of ether oxygens (including phenoxy) is 3. The fourth-order valence-corrected chi connectivity index (χ4v) is 4.49. The number of amides is 2. The van der Waals surface area contributed by atoms with E-state index in [2.05, 4.69) is 31.0 Å². The van der Waals surface area contributed by atoms with Gasteiger partial charge >= 0.3 is 0 Å².